The first-order valence-corrected chi connectivity index (χ1v) is 4.35. The highest BCUT2D eigenvalue weighted by atomic mass is 35.5. The lowest BCUT2D eigenvalue weighted by molar-refractivity contribution is 0.437. The summed E-state index contributed by atoms with van der Waals surface area (Å²) in [5, 5.41) is 0. The summed E-state index contributed by atoms with van der Waals surface area (Å²) >= 11 is 1.91. The summed E-state index contributed by atoms with van der Waals surface area (Å²) in [7, 11) is 4.17. The van der Waals surface area contributed by atoms with Crippen LogP contribution in [0.4, 0.5) is 0 Å². The Morgan fingerprint density at radius 3 is 2.09 bits per heavy atom. The van der Waals surface area contributed by atoms with Crippen molar-refractivity contribution in [1.29, 1.82) is 0 Å². The Hall–Kier alpha value is 0.850. The smallest absolute Gasteiger partial charge is 0.00662 e. The largest absolute Gasteiger partial charge is 0.330 e. The molecule has 0 saturated carbocycles. The first-order chi connectivity index (χ1) is 4.27. The van der Waals surface area contributed by atoms with Crippen molar-refractivity contribution < 1.29 is 0 Å². The lowest BCUT2D eigenvalue weighted by Gasteiger charge is -2.07. The topological polar surface area (TPSA) is 29.3 Å². The fourth-order valence-electron chi connectivity index (χ4n) is 0.433. The first-order valence-electron chi connectivity index (χ1n) is 3.20. The third-order valence-electron chi connectivity index (χ3n) is 0.945. The number of nitrogens with zero attached hydrogens (tertiary/aromatic N) is 1. The molecule has 0 heterocycles. The van der Waals surface area contributed by atoms with E-state index in [9.17, 15) is 0 Å². The Labute approximate surface area is 86.1 Å². The third-order valence-corrected chi connectivity index (χ3v) is 1.94. The van der Waals surface area contributed by atoms with Crippen LogP contribution < -0.4 is 5.73 Å². The Kier molecular flexibility index (Phi) is 21.8. The maximum atomic E-state index is 5.31. The van der Waals surface area contributed by atoms with Crippen LogP contribution in [-0.2, 0) is 0 Å². The van der Waals surface area contributed by atoms with E-state index in [0.717, 1.165) is 18.8 Å². The molecule has 0 unspecified atom stereocenters. The van der Waals surface area contributed by atoms with Crippen LogP contribution in [0.2, 0.25) is 0 Å². The molecule has 11 heavy (non-hydrogen) atoms. The molecule has 0 bridgehead atoms. The number of hydrogen-bond donors (Lipinski definition) is 1. The molecular weight excluding hydrogens is 203 g/mol. The highest BCUT2D eigenvalue weighted by Gasteiger charge is 1.88. The number of nitrogens with two attached hydrogens (primary N) is 1. The van der Waals surface area contributed by atoms with Crippen molar-refractivity contribution in [3.05, 3.63) is 0 Å². The Bertz CT molecular complexity index is 64.5. The van der Waals surface area contributed by atoms with Crippen molar-refractivity contribution in [3.8, 4) is 0 Å². The molecule has 0 spiro atoms. The van der Waals surface area contributed by atoms with E-state index in [1.807, 2.05) is 11.8 Å². The van der Waals surface area contributed by atoms with Gasteiger partial charge in [0.15, 0.2) is 0 Å². The number of thioether (sulfide) groups is 1. The van der Waals surface area contributed by atoms with Gasteiger partial charge in [-0.25, -0.2) is 0 Å². The standard InChI is InChI=1S/C6H16N2S.2ClH/c1-8(2)4-6-9-5-3-7;;/h3-7H2,1-2H3;2*1H. The molecule has 0 rings (SSSR count). The summed E-state index contributed by atoms with van der Waals surface area (Å²) in [6, 6.07) is 0. The van der Waals surface area contributed by atoms with Crippen molar-refractivity contribution in [2.24, 2.45) is 5.73 Å². The van der Waals surface area contributed by atoms with E-state index < -0.39 is 0 Å². The van der Waals surface area contributed by atoms with Crippen LogP contribution in [0.25, 0.3) is 0 Å². The molecule has 0 aromatic carbocycles. The van der Waals surface area contributed by atoms with Gasteiger partial charge >= 0.3 is 0 Å². The summed E-state index contributed by atoms with van der Waals surface area (Å²) in [6.07, 6.45) is 0. The summed E-state index contributed by atoms with van der Waals surface area (Å²) < 4.78 is 0. The van der Waals surface area contributed by atoms with Crippen LogP contribution in [0.3, 0.4) is 0 Å². The van der Waals surface area contributed by atoms with Gasteiger partial charge in [-0.1, -0.05) is 0 Å². The quantitative estimate of drug-likeness (QED) is 0.704. The van der Waals surface area contributed by atoms with Crippen LogP contribution in [0.5, 0.6) is 0 Å². The van der Waals surface area contributed by atoms with Crippen LogP contribution in [-0.4, -0.2) is 43.6 Å². The fraction of sp³-hybridized carbons (Fsp3) is 1.00. The molecule has 2 N–H and O–H groups in total. The molecule has 0 aliphatic heterocycles. The SMILES string of the molecule is CN(C)CCSCCN.Cl.Cl. The van der Waals surface area contributed by atoms with Crippen molar-refractivity contribution in [1.82, 2.24) is 4.90 Å². The van der Waals surface area contributed by atoms with Gasteiger partial charge in [0.05, 0.1) is 0 Å². The maximum absolute atomic E-state index is 5.31. The number of hydrogen-bond acceptors (Lipinski definition) is 3. The van der Waals surface area contributed by atoms with Gasteiger partial charge in [0.2, 0.25) is 0 Å². The van der Waals surface area contributed by atoms with Gasteiger partial charge in [-0.15, -0.1) is 24.8 Å². The zero-order valence-corrected chi connectivity index (χ0v) is 9.53. The highest BCUT2D eigenvalue weighted by Crippen LogP contribution is 1.96. The summed E-state index contributed by atoms with van der Waals surface area (Å²) in [5.41, 5.74) is 5.31. The van der Waals surface area contributed by atoms with Crippen molar-refractivity contribution in [2.45, 2.75) is 0 Å². The van der Waals surface area contributed by atoms with Gasteiger partial charge in [-0.05, 0) is 14.1 Å². The minimum atomic E-state index is 0. The first kappa shape index (κ1) is 17.8. The Morgan fingerprint density at radius 1 is 1.18 bits per heavy atom. The molecule has 0 radical (unpaired) electrons. The normalized spacial score (nSPS) is 8.73. The van der Waals surface area contributed by atoms with Gasteiger partial charge in [0, 0.05) is 24.6 Å². The van der Waals surface area contributed by atoms with E-state index in [-0.39, 0.29) is 24.8 Å². The molecule has 2 nitrogen and oxygen atoms in total. The summed E-state index contributed by atoms with van der Waals surface area (Å²) in [4.78, 5) is 2.18. The predicted molar refractivity (Wildman–Crippen MR) is 59.4 cm³/mol. The lowest BCUT2D eigenvalue weighted by Crippen LogP contribution is -2.15. The second kappa shape index (κ2) is 13.4. The predicted octanol–water partition coefficient (Wildman–Crippen LogP) is 1.08. The van der Waals surface area contributed by atoms with Gasteiger partial charge in [-0.3, -0.25) is 0 Å². The molecular formula is C6H18Cl2N2S. The minimum Gasteiger partial charge on any atom is -0.330 e. The van der Waals surface area contributed by atoms with E-state index >= 15 is 0 Å². The van der Waals surface area contributed by atoms with Crippen LogP contribution in [0.15, 0.2) is 0 Å². The van der Waals surface area contributed by atoms with Crippen molar-refractivity contribution in [3.63, 3.8) is 0 Å². The van der Waals surface area contributed by atoms with Gasteiger partial charge in [-0.2, -0.15) is 11.8 Å². The second-order valence-electron chi connectivity index (χ2n) is 2.20. The molecule has 0 aromatic heterocycles. The van der Waals surface area contributed by atoms with Crippen molar-refractivity contribution in [2.75, 3.05) is 38.7 Å². The van der Waals surface area contributed by atoms with Crippen LogP contribution >= 0.6 is 36.6 Å². The molecule has 0 aromatic rings. The molecule has 5 heteroatoms. The van der Waals surface area contributed by atoms with E-state index in [1.165, 1.54) is 5.75 Å². The molecule has 72 valence electrons. The molecule has 0 aliphatic rings. The minimum absolute atomic E-state index is 0. The lowest BCUT2D eigenvalue weighted by atomic mass is 10.7. The Morgan fingerprint density at radius 2 is 1.73 bits per heavy atom. The zero-order chi connectivity index (χ0) is 7.11. The van der Waals surface area contributed by atoms with E-state index in [2.05, 4.69) is 19.0 Å². The average Bonchev–Trinajstić information content (AvgIpc) is 1.80. The molecule has 0 fully saturated rings. The summed E-state index contributed by atoms with van der Waals surface area (Å²) in [5.74, 6) is 2.29. The van der Waals surface area contributed by atoms with E-state index in [4.69, 9.17) is 5.73 Å². The second-order valence-corrected chi connectivity index (χ2v) is 3.43. The monoisotopic (exact) mass is 220 g/mol. The van der Waals surface area contributed by atoms with E-state index in [1.54, 1.807) is 0 Å². The fourth-order valence-corrected chi connectivity index (χ4v) is 1.30. The van der Waals surface area contributed by atoms with Crippen LogP contribution in [0.1, 0.15) is 0 Å². The van der Waals surface area contributed by atoms with E-state index in [0.29, 0.717) is 0 Å². The number of halogens is 2. The third kappa shape index (κ3) is 18.1. The molecule has 0 saturated heterocycles. The number of rotatable bonds is 5. The Balaban J connectivity index is -0.000000320. The van der Waals surface area contributed by atoms with Gasteiger partial charge in [0.25, 0.3) is 0 Å². The average molecular weight is 221 g/mol. The van der Waals surface area contributed by atoms with Crippen LogP contribution in [0, 0.1) is 0 Å². The van der Waals surface area contributed by atoms with Crippen molar-refractivity contribution >= 4 is 36.6 Å². The molecule has 0 aliphatic carbocycles. The summed E-state index contributed by atoms with van der Waals surface area (Å²) in [6.45, 7) is 1.96. The molecule has 0 atom stereocenters. The highest BCUT2D eigenvalue weighted by molar-refractivity contribution is 7.99. The van der Waals surface area contributed by atoms with Gasteiger partial charge in [0.1, 0.15) is 0 Å². The zero-order valence-electron chi connectivity index (χ0n) is 7.08. The van der Waals surface area contributed by atoms with Gasteiger partial charge < -0.3 is 10.6 Å². The maximum Gasteiger partial charge on any atom is 0.00662 e. The molecule has 0 amide bonds.